The number of piperazine rings is 1. The molecular weight excluding hydrogens is 821 g/mol. The quantitative estimate of drug-likeness (QED) is 0.120. The van der Waals surface area contributed by atoms with Crippen LogP contribution < -0.4 is 4.90 Å². The molecule has 65 heavy (non-hydrogen) atoms. The lowest BCUT2D eigenvalue weighted by Gasteiger charge is -2.55. The molecule has 0 spiro atoms. The van der Waals surface area contributed by atoms with Crippen LogP contribution in [0.4, 0.5) is 5.82 Å². The highest BCUT2D eigenvalue weighted by molar-refractivity contribution is 6.09. The highest BCUT2D eigenvalue weighted by Gasteiger charge is 2.51. The number of anilines is 1. The molecule has 5 aromatic rings. The molecule has 4 aliphatic rings. The number of phenolic OH excluding ortho intramolecular Hbond substituents is 1. The molecule has 338 valence electrons. The summed E-state index contributed by atoms with van der Waals surface area (Å²) in [5, 5.41) is 14.2. The molecule has 0 radical (unpaired) electrons. The molecule has 6 heterocycles. The highest BCUT2D eigenvalue weighted by atomic mass is 16.5. The third-order valence-electron chi connectivity index (χ3n) is 13.5. The van der Waals surface area contributed by atoms with Gasteiger partial charge in [0.05, 0.1) is 31.8 Å². The minimum Gasteiger partial charge on any atom is -0.508 e. The number of hydrazine groups is 1. The molecule has 2 aromatic heterocycles. The zero-order valence-corrected chi connectivity index (χ0v) is 37.1. The van der Waals surface area contributed by atoms with Gasteiger partial charge in [-0.2, -0.15) is 0 Å². The number of rotatable bonds is 14. The maximum atomic E-state index is 14.8. The van der Waals surface area contributed by atoms with Crippen molar-refractivity contribution in [3.05, 3.63) is 138 Å². The van der Waals surface area contributed by atoms with Crippen molar-refractivity contribution >= 4 is 40.2 Å². The maximum Gasteiger partial charge on any atom is 0.246 e. The van der Waals surface area contributed by atoms with Crippen molar-refractivity contribution in [1.29, 1.82) is 0 Å². The van der Waals surface area contributed by atoms with Crippen LogP contribution in [-0.2, 0) is 52.0 Å². The Balaban J connectivity index is 0.950. The molecule has 3 aromatic carbocycles. The van der Waals surface area contributed by atoms with E-state index in [1.54, 1.807) is 50.2 Å². The maximum absolute atomic E-state index is 14.8. The zero-order valence-electron chi connectivity index (χ0n) is 37.1. The van der Waals surface area contributed by atoms with E-state index in [1.807, 2.05) is 84.7 Å². The number of pyridine rings is 1. The minimum absolute atomic E-state index is 0.0278. The number of Topliss-reactive ketones (excluding diaryl/α,β-unsaturated/α-hetero) is 1. The van der Waals surface area contributed by atoms with Gasteiger partial charge in [0.1, 0.15) is 23.8 Å². The fourth-order valence-corrected chi connectivity index (χ4v) is 10.3. The predicted molar refractivity (Wildman–Crippen MR) is 248 cm³/mol. The van der Waals surface area contributed by atoms with Gasteiger partial charge < -0.3 is 29.1 Å². The van der Waals surface area contributed by atoms with E-state index in [0.717, 1.165) is 91.2 Å². The Labute approximate surface area is 380 Å². The smallest absolute Gasteiger partial charge is 0.246 e. The first-order valence-electron chi connectivity index (χ1n) is 22.9. The van der Waals surface area contributed by atoms with Gasteiger partial charge in [-0.05, 0) is 59.7 Å². The number of amides is 3. The van der Waals surface area contributed by atoms with Crippen LogP contribution in [0.2, 0.25) is 0 Å². The van der Waals surface area contributed by atoms with Crippen molar-refractivity contribution in [2.45, 2.75) is 63.3 Å². The van der Waals surface area contributed by atoms with Gasteiger partial charge >= 0.3 is 0 Å². The Morgan fingerprint density at radius 3 is 2.37 bits per heavy atom. The molecule has 2 atom stereocenters. The number of para-hydroxylation sites is 1. The molecule has 3 amide bonds. The molecular formula is C51H58N8O6. The van der Waals surface area contributed by atoms with E-state index in [9.17, 15) is 24.3 Å². The van der Waals surface area contributed by atoms with Crippen LogP contribution >= 0.6 is 0 Å². The summed E-state index contributed by atoms with van der Waals surface area (Å²) in [6.07, 6.45) is 7.90. The lowest BCUT2D eigenvalue weighted by molar-refractivity contribution is -0.205. The van der Waals surface area contributed by atoms with E-state index in [1.165, 1.54) is 0 Å². The van der Waals surface area contributed by atoms with Gasteiger partial charge in [-0.3, -0.25) is 24.1 Å². The minimum atomic E-state index is -0.909. The molecule has 0 saturated carbocycles. The average Bonchev–Trinajstić information content (AvgIpc) is 3.68. The van der Waals surface area contributed by atoms with Crippen LogP contribution in [0.1, 0.15) is 51.9 Å². The van der Waals surface area contributed by atoms with Crippen molar-refractivity contribution in [1.82, 2.24) is 34.3 Å². The number of morpholine rings is 1. The molecule has 4 fully saturated rings. The molecule has 0 aliphatic carbocycles. The topological polar surface area (TPSA) is 135 Å². The molecule has 9 rings (SSSR count). The van der Waals surface area contributed by atoms with Crippen molar-refractivity contribution in [2.75, 3.05) is 63.9 Å². The van der Waals surface area contributed by atoms with Crippen LogP contribution in [0.25, 0.3) is 10.9 Å². The number of phenols is 1. The van der Waals surface area contributed by atoms with Crippen molar-refractivity contribution in [2.24, 2.45) is 7.05 Å². The van der Waals surface area contributed by atoms with E-state index in [-0.39, 0.29) is 74.7 Å². The average molecular weight is 879 g/mol. The Hall–Kier alpha value is -6.35. The highest BCUT2D eigenvalue weighted by Crippen LogP contribution is 2.33. The Bertz CT molecular complexity index is 2510. The van der Waals surface area contributed by atoms with Crippen molar-refractivity contribution < 1.29 is 29.0 Å². The van der Waals surface area contributed by atoms with Crippen LogP contribution in [0.5, 0.6) is 5.75 Å². The van der Waals surface area contributed by atoms with Gasteiger partial charge in [0.2, 0.25) is 17.7 Å². The number of ketones is 1. The number of aromatic nitrogens is 2. The van der Waals surface area contributed by atoms with Gasteiger partial charge in [-0.1, -0.05) is 72.8 Å². The summed E-state index contributed by atoms with van der Waals surface area (Å²) < 4.78 is 7.50. The number of benzene rings is 3. The van der Waals surface area contributed by atoms with Crippen molar-refractivity contribution in [3.8, 4) is 5.75 Å². The third kappa shape index (κ3) is 9.42. The van der Waals surface area contributed by atoms with Crippen LogP contribution in [0, 0.1) is 0 Å². The predicted octanol–water partition coefficient (Wildman–Crippen LogP) is 4.99. The monoisotopic (exact) mass is 878 g/mol. The zero-order chi connectivity index (χ0) is 45.0. The van der Waals surface area contributed by atoms with E-state index < -0.39 is 12.2 Å². The summed E-state index contributed by atoms with van der Waals surface area (Å²) in [7, 11) is 1.91. The van der Waals surface area contributed by atoms with E-state index in [2.05, 4.69) is 16.4 Å². The summed E-state index contributed by atoms with van der Waals surface area (Å²) in [4.78, 5) is 70.4. The summed E-state index contributed by atoms with van der Waals surface area (Å²) in [5.41, 5.74) is 4.90. The largest absolute Gasteiger partial charge is 0.508 e. The first-order valence-corrected chi connectivity index (χ1v) is 22.9. The summed E-state index contributed by atoms with van der Waals surface area (Å²) in [6.45, 7) is 9.91. The van der Waals surface area contributed by atoms with Crippen LogP contribution in [0.3, 0.4) is 0 Å². The third-order valence-corrected chi connectivity index (χ3v) is 13.5. The number of carbonyl (C=O) groups excluding carboxylic acids is 4. The Morgan fingerprint density at radius 2 is 1.65 bits per heavy atom. The number of nitrogens with zero attached hydrogens (tertiary/aromatic N) is 8. The van der Waals surface area contributed by atoms with Gasteiger partial charge in [0.25, 0.3) is 0 Å². The number of carbonyl (C=O) groups is 4. The van der Waals surface area contributed by atoms with Gasteiger partial charge in [-0.25, -0.2) is 15.0 Å². The van der Waals surface area contributed by atoms with Crippen LogP contribution in [0.15, 0.2) is 110 Å². The van der Waals surface area contributed by atoms with E-state index in [4.69, 9.17) is 9.72 Å². The molecule has 0 bridgehead atoms. The van der Waals surface area contributed by atoms with Gasteiger partial charge in [0, 0.05) is 95.0 Å². The number of hydrogen-bond donors (Lipinski definition) is 1. The molecule has 4 saturated heterocycles. The number of piperidine rings is 1. The summed E-state index contributed by atoms with van der Waals surface area (Å²) in [6, 6.07) is 26.0. The number of aryl methyl sites for hydroxylation is 2. The van der Waals surface area contributed by atoms with Crippen molar-refractivity contribution in [3.63, 3.8) is 0 Å². The first kappa shape index (κ1) is 43.9. The number of ether oxygens (including phenoxy) is 1. The Kier molecular flexibility index (Phi) is 13.1. The Morgan fingerprint density at radius 1 is 0.892 bits per heavy atom. The lowest BCUT2D eigenvalue weighted by atomic mass is 9.97. The number of fused-ring (bicyclic) bond motifs is 2. The van der Waals surface area contributed by atoms with Crippen LogP contribution in [-0.4, -0.2) is 140 Å². The molecule has 1 unspecified atom stereocenters. The summed E-state index contributed by atoms with van der Waals surface area (Å²) >= 11 is 0. The second-order valence-corrected chi connectivity index (χ2v) is 17.7. The fraction of sp³-hybridized carbons (Fsp3) is 0.392. The SMILES string of the molecule is C=CCN1CC(=O)N2C(CN(Cc3cccc4c(C(=O)Cc5ccc(N6CCC(N7CCOCC7)CC6)nc5)cn(C)c34)C(=O)[C@@H]2Cc2ccc(O)cc2)N1C(=O)CCc1ccccc1. The number of aromatic hydroxyl groups is 1. The molecule has 14 nitrogen and oxygen atoms in total. The lowest BCUT2D eigenvalue weighted by Crippen LogP contribution is -2.75. The van der Waals surface area contributed by atoms with E-state index >= 15 is 0 Å². The standard InChI is InChI=1S/C51H58N8O6/c1-3-22-57-35-49(63)58-44(29-37-12-16-41(60)17-13-37)51(64)56(34-47(58)59(57)48(62)19-15-36-8-5-4-6-9-36)32-39-10-7-11-42-43(33-53(2)50(39)42)45(61)30-38-14-18-46(52-31-38)55-23-20-40(21-24-55)54-25-27-65-28-26-54/h3-14,16-18,31,33,40,44,47,60H,1,15,19-30,32,34-35H2,2H3/t44-,47?/m0/s1. The second-order valence-electron chi connectivity index (χ2n) is 17.7. The van der Waals surface area contributed by atoms with E-state index in [0.29, 0.717) is 18.0 Å². The number of hydrogen-bond acceptors (Lipinski definition) is 10. The second kappa shape index (κ2) is 19.4. The fourth-order valence-electron chi connectivity index (χ4n) is 10.3. The summed E-state index contributed by atoms with van der Waals surface area (Å²) in [5.74, 6) is 0.362. The normalized spacial score (nSPS) is 20.1. The first-order chi connectivity index (χ1) is 31.6. The molecule has 14 heteroatoms. The van der Waals surface area contributed by atoms with Gasteiger partial charge in [-0.15, -0.1) is 6.58 Å². The molecule has 1 N–H and O–H groups in total. The molecule has 4 aliphatic heterocycles. The van der Waals surface area contributed by atoms with Gasteiger partial charge in [0.15, 0.2) is 5.78 Å².